The Labute approximate surface area is 109 Å². The fourth-order valence-electron chi connectivity index (χ4n) is 1.33. The molecule has 0 aliphatic carbocycles. The van der Waals surface area contributed by atoms with Crippen molar-refractivity contribution >= 4 is 17.4 Å². The molecule has 0 amide bonds. The first-order valence-electron chi connectivity index (χ1n) is 5.65. The zero-order chi connectivity index (χ0) is 14.4. The average Bonchev–Trinajstić information content (AvgIpc) is 2.43. The summed E-state index contributed by atoms with van der Waals surface area (Å²) in [5.41, 5.74) is 0.0290. The number of nitrogens with zero attached hydrogens (tertiary/aromatic N) is 1. The Morgan fingerprint density at radius 2 is 1.89 bits per heavy atom. The largest absolute Gasteiger partial charge is 0.419 e. The topological polar surface area (TPSA) is 86.5 Å². The van der Waals surface area contributed by atoms with Crippen molar-refractivity contribution in [2.75, 3.05) is 0 Å². The molecule has 19 heavy (non-hydrogen) atoms. The van der Waals surface area contributed by atoms with E-state index in [9.17, 15) is 19.7 Å². The molecule has 6 heteroatoms. The predicted molar refractivity (Wildman–Crippen MR) is 67.6 cm³/mol. The van der Waals surface area contributed by atoms with Crippen LogP contribution in [0.2, 0.25) is 0 Å². The van der Waals surface area contributed by atoms with Crippen LogP contribution < -0.4 is 0 Å². The number of benzene rings is 1. The van der Waals surface area contributed by atoms with Crippen LogP contribution in [0.25, 0.3) is 0 Å². The molecule has 0 saturated heterocycles. The lowest BCUT2D eigenvalue weighted by Crippen LogP contribution is -2.11. The van der Waals surface area contributed by atoms with Crippen LogP contribution in [0.3, 0.4) is 0 Å². The highest BCUT2D eigenvalue weighted by atomic mass is 16.6. The van der Waals surface area contributed by atoms with Crippen molar-refractivity contribution in [3.63, 3.8) is 0 Å². The molecule has 0 heterocycles. The molecule has 1 aromatic carbocycles. The Morgan fingerprint density at radius 1 is 1.32 bits per heavy atom. The van der Waals surface area contributed by atoms with Gasteiger partial charge in [0.05, 0.1) is 10.5 Å². The number of carbonyl (C=O) groups excluding carboxylic acids is 2. The number of non-ortho nitro benzene ring substituents is 1. The second kappa shape index (κ2) is 6.44. The molecule has 1 aromatic rings. The van der Waals surface area contributed by atoms with Crippen LogP contribution in [-0.2, 0) is 9.53 Å². The molecule has 6 nitrogen and oxygen atoms in total. The van der Waals surface area contributed by atoms with Crippen LogP contribution in [0.15, 0.2) is 36.1 Å². The van der Waals surface area contributed by atoms with Gasteiger partial charge in [0.1, 0.15) is 0 Å². The van der Waals surface area contributed by atoms with Gasteiger partial charge in [-0.3, -0.25) is 14.9 Å². The molecule has 0 radical (unpaired) electrons. The van der Waals surface area contributed by atoms with Gasteiger partial charge >= 0.3 is 5.97 Å². The summed E-state index contributed by atoms with van der Waals surface area (Å²) in [6.07, 6.45) is 1.64. The number of hydrogen-bond acceptors (Lipinski definition) is 5. The van der Waals surface area contributed by atoms with E-state index >= 15 is 0 Å². The van der Waals surface area contributed by atoms with Crippen molar-refractivity contribution in [1.82, 2.24) is 0 Å². The van der Waals surface area contributed by atoms with Crippen LogP contribution in [0, 0.1) is 10.1 Å². The van der Waals surface area contributed by atoms with E-state index in [1.807, 2.05) is 0 Å². The third-order valence-corrected chi connectivity index (χ3v) is 2.37. The standard InChI is InChI=1S/C13H13NO5/c1-3-11(15)12(4-2)19-13(16)9-5-7-10(8-6-9)14(17)18/h4-8H,3H2,1-2H3/b12-4-. The Kier molecular flexibility index (Phi) is 4.93. The maximum absolute atomic E-state index is 11.7. The van der Waals surface area contributed by atoms with E-state index in [4.69, 9.17) is 4.74 Å². The summed E-state index contributed by atoms with van der Waals surface area (Å²) in [6.45, 7) is 3.25. The maximum atomic E-state index is 11.7. The lowest BCUT2D eigenvalue weighted by atomic mass is 10.2. The minimum atomic E-state index is -0.718. The molecule has 0 spiro atoms. The molecule has 0 saturated carbocycles. The number of nitro groups is 1. The molecule has 0 atom stereocenters. The van der Waals surface area contributed by atoms with Gasteiger partial charge in [0, 0.05) is 18.6 Å². The Bertz CT molecular complexity index is 530. The number of ether oxygens (including phenoxy) is 1. The number of allylic oxidation sites excluding steroid dienone is 2. The molecule has 0 N–H and O–H groups in total. The van der Waals surface area contributed by atoms with Crippen molar-refractivity contribution in [2.24, 2.45) is 0 Å². The summed E-state index contributed by atoms with van der Waals surface area (Å²) in [7, 11) is 0. The van der Waals surface area contributed by atoms with Gasteiger partial charge in [-0.15, -0.1) is 0 Å². The summed E-state index contributed by atoms with van der Waals surface area (Å²) in [5, 5.41) is 10.5. The van der Waals surface area contributed by atoms with Crippen molar-refractivity contribution < 1.29 is 19.2 Å². The van der Waals surface area contributed by atoms with E-state index in [0.717, 1.165) is 0 Å². The molecular formula is C13H13NO5. The van der Waals surface area contributed by atoms with Gasteiger partial charge in [-0.25, -0.2) is 4.79 Å². The van der Waals surface area contributed by atoms with E-state index in [1.165, 1.54) is 30.3 Å². The molecule has 0 fully saturated rings. The van der Waals surface area contributed by atoms with Crippen LogP contribution in [-0.4, -0.2) is 16.7 Å². The number of Topliss-reactive ketones (excluding diaryl/α,β-unsaturated/α-hetero) is 1. The molecule has 0 bridgehead atoms. The van der Waals surface area contributed by atoms with Crippen molar-refractivity contribution in [2.45, 2.75) is 20.3 Å². The number of carbonyl (C=O) groups is 2. The molecule has 0 aliphatic rings. The van der Waals surface area contributed by atoms with Gasteiger partial charge in [0.25, 0.3) is 5.69 Å². The third-order valence-electron chi connectivity index (χ3n) is 2.37. The second-order valence-electron chi connectivity index (χ2n) is 3.62. The number of esters is 1. The molecular weight excluding hydrogens is 250 g/mol. The first kappa shape index (κ1) is 14.6. The number of rotatable bonds is 5. The van der Waals surface area contributed by atoms with Gasteiger partial charge in [-0.1, -0.05) is 6.92 Å². The molecule has 0 unspecified atom stereocenters. The minimum absolute atomic E-state index is 0.0224. The SMILES string of the molecule is C/C=C(\OC(=O)c1ccc([N+](=O)[O-])cc1)C(=O)CC. The Hall–Kier alpha value is -2.50. The Balaban J connectivity index is 2.84. The van der Waals surface area contributed by atoms with E-state index in [2.05, 4.69) is 0 Å². The first-order chi connectivity index (χ1) is 8.99. The quantitative estimate of drug-likeness (QED) is 0.268. The molecule has 100 valence electrons. The first-order valence-corrected chi connectivity index (χ1v) is 5.65. The highest BCUT2D eigenvalue weighted by molar-refractivity contribution is 5.98. The number of ketones is 1. The summed E-state index contributed by atoms with van der Waals surface area (Å²) in [4.78, 5) is 33.1. The van der Waals surface area contributed by atoms with E-state index < -0.39 is 10.9 Å². The lowest BCUT2D eigenvalue weighted by Gasteiger charge is -2.06. The number of nitro benzene ring substituents is 1. The summed E-state index contributed by atoms with van der Waals surface area (Å²) in [6, 6.07) is 4.97. The van der Waals surface area contributed by atoms with E-state index in [1.54, 1.807) is 13.8 Å². The van der Waals surface area contributed by atoms with Gasteiger partial charge in [0.2, 0.25) is 0 Å². The second-order valence-corrected chi connectivity index (χ2v) is 3.62. The zero-order valence-corrected chi connectivity index (χ0v) is 10.6. The van der Waals surface area contributed by atoms with E-state index in [-0.39, 0.29) is 29.2 Å². The molecule has 0 aliphatic heterocycles. The maximum Gasteiger partial charge on any atom is 0.343 e. The van der Waals surface area contributed by atoms with Gasteiger partial charge in [0.15, 0.2) is 11.5 Å². The minimum Gasteiger partial charge on any atom is -0.419 e. The van der Waals surface area contributed by atoms with Crippen LogP contribution >= 0.6 is 0 Å². The fourth-order valence-corrected chi connectivity index (χ4v) is 1.33. The lowest BCUT2D eigenvalue weighted by molar-refractivity contribution is -0.384. The smallest absolute Gasteiger partial charge is 0.343 e. The van der Waals surface area contributed by atoms with Gasteiger partial charge < -0.3 is 4.74 Å². The fraction of sp³-hybridized carbons (Fsp3) is 0.231. The normalized spacial score (nSPS) is 10.9. The monoisotopic (exact) mass is 263 g/mol. The van der Waals surface area contributed by atoms with Crippen molar-refractivity contribution in [3.05, 3.63) is 51.8 Å². The van der Waals surface area contributed by atoms with Crippen LogP contribution in [0.4, 0.5) is 5.69 Å². The summed E-state index contributed by atoms with van der Waals surface area (Å²) >= 11 is 0. The molecule has 0 aromatic heterocycles. The summed E-state index contributed by atoms with van der Waals surface area (Å²) in [5.74, 6) is -1.02. The Morgan fingerprint density at radius 3 is 2.32 bits per heavy atom. The van der Waals surface area contributed by atoms with Crippen molar-refractivity contribution in [3.8, 4) is 0 Å². The van der Waals surface area contributed by atoms with Crippen LogP contribution in [0.5, 0.6) is 0 Å². The van der Waals surface area contributed by atoms with Gasteiger partial charge in [-0.05, 0) is 25.1 Å². The third kappa shape index (κ3) is 3.74. The zero-order valence-electron chi connectivity index (χ0n) is 10.6. The van der Waals surface area contributed by atoms with Crippen LogP contribution in [0.1, 0.15) is 30.6 Å². The number of hydrogen-bond donors (Lipinski definition) is 0. The van der Waals surface area contributed by atoms with Gasteiger partial charge in [-0.2, -0.15) is 0 Å². The predicted octanol–water partition coefficient (Wildman–Crippen LogP) is 2.63. The summed E-state index contributed by atoms with van der Waals surface area (Å²) < 4.78 is 4.94. The average molecular weight is 263 g/mol. The van der Waals surface area contributed by atoms with E-state index in [0.29, 0.717) is 0 Å². The highest BCUT2D eigenvalue weighted by Gasteiger charge is 2.15. The van der Waals surface area contributed by atoms with Crippen molar-refractivity contribution in [1.29, 1.82) is 0 Å². The molecule has 1 rings (SSSR count). The highest BCUT2D eigenvalue weighted by Crippen LogP contribution is 2.14.